The molecule has 0 aliphatic heterocycles. The number of thiazole rings is 1. The van der Waals surface area contributed by atoms with Crippen molar-refractivity contribution in [1.82, 2.24) is 26.3 Å². The number of rotatable bonds is 11. The van der Waals surface area contributed by atoms with Gasteiger partial charge in [-0.3, -0.25) is 9.59 Å². The van der Waals surface area contributed by atoms with Crippen LogP contribution in [0, 0.1) is 5.92 Å². The molecule has 25 heavy (non-hydrogen) atoms. The number of carbonyl (C=O) groups is 2. The molecule has 0 aromatic carbocycles. The van der Waals surface area contributed by atoms with E-state index in [-0.39, 0.29) is 29.8 Å². The van der Waals surface area contributed by atoms with Crippen molar-refractivity contribution in [3.05, 3.63) is 16.6 Å². The van der Waals surface area contributed by atoms with E-state index in [0.717, 1.165) is 11.4 Å². The molecule has 1 heterocycles. The smallest absolute Gasteiger partial charge is 0.242 e. The Morgan fingerprint density at radius 2 is 1.96 bits per heavy atom. The Morgan fingerprint density at radius 1 is 1.24 bits per heavy atom. The van der Waals surface area contributed by atoms with Crippen molar-refractivity contribution in [2.24, 2.45) is 5.92 Å². The van der Waals surface area contributed by atoms with Crippen molar-refractivity contribution < 1.29 is 9.59 Å². The Bertz CT molecular complexity index is 521. The number of carbonyl (C=O) groups excluding carboxylic acids is 2. The van der Waals surface area contributed by atoms with Crippen molar-refractivity contribution >= 4 is 23.2 Å². The van der Waals surface area contributed by atoms with E-state index in [4.69, 9.17) is 0 Å². The number of nitrogens with zero attached hydrogens (tertiary/aromatic N) is 1. The average Bonchev–Trinajstić information content (AvgIpc) is 3.08. The van der Waals surface area contributed by atoms with Gasteiger partial charge in [0.05, 0.1) is 11.0 Å². The molecule has 1 rings (SSSR count). The van der Waals surface area contributed by atoms with Crippen LogP contribution in [0.25, 0.3) is 0 Å². The zero-order valence-electron chi connectivity index (χ0n) is 15.8. The van der Waals surface area contributed by atoms with Gasteiger partial charge in [-0.2, -0.15) is 0 Å². The number of aromatic nitrogens is 1. The SMILES string of the molecule is CCNC(=O)[C@@H](NC(=O)[C@H](C)NC[C@H](Cc1nccs1)NC)C(C)C. The van der Waals surface area contributed by atoms with Crippen LogP contribution in [0.3, 0.4) is 0 Å². The van der Waals surface area contributed by atoms with Crippen LogP contribution in [0.4, 0.5) is 0 Å². The molecule has 4 N–H and O–H groups in total. The molecule has 0 saturated heterocycles. The van der Waals surface area contributed by atoms with Gasteiger partial charge in [-0.1, -0.05) is 13.8 Å². The summed E-state index contributed by atoms with van der Waals surface area (Å²) in [7, 11) is 1.90. The van der Waals surface area contributed by atoms with Crippen molar-refractivity contribution in [1.29, 1.82) is 0 Å². The van der Waals surface area contributed by atoms with Crippen LogP contribution in [0.15, 0.2) is 11.6 Å². The Labute approximate surface area is 154 Å². The highest BCUT2D eigenvalue weighted by Crippen LogP contribution is 2.07. The van der Waals surface area contributed by atoms with Crippen molar-refractivity contribution in [3.8, 4) is 0 Å². The van der Waals surface area contributed by atoms with Crippen LogP contribution in [-0.4, -0.2) is 55.1 Å². The molecule has 3 atom stereocenters. The lowest BCUT2D eigenvalue weighted by Crippen LogP contribution is -2.55. The average molecular weight is 370 g/mol. The van der Waals surface area contributed by atoms with Gasteiger partial charge >= 0.3 is 0 Å². The van der Waals surface area contributed by atoms with E-state index < -0.39 is 6.04 Å². The third-order valence-corrected chi connectivity index (χ3v) is 4.78. The molecule has 7 nitrogen and oxygen atoms in total. The van der Waals surface area contributed by atoms with Gasteiger partial charge in [0.25, 0.3) is 0 Å². The van der Waals surface area contributed by atoms with Crippen molar-refractivity contribution in [3.63, 3.8) is 0 Å². The monoisotopic (exact) mass is 369 g/mol. The van der Waals surface area contributed by atoms with Gasteiger partial charge < -0.3 is 21.3 Å². The first kappa shape index (κ1) is 21.5. The van der Waals surface area contributed by atoms with E-state index in [2.05, 4.69) is 26.3 Å². The predicted octanol–water partition coefficient (Wildman–Crippen LogP) is 0.529. The van der Waals surface area contributed by atoms with Crippen molar-refractivity contribution in [2.75, 3.05) is 20.1 Å². The second-order valence-corrected chi connectivity index (χ2v) is 7.35. The summed E-state index contributed by atoms with van der Waals surface area (Å²) >= 11 is 1.62. The lowest BCUT2D eigenvalue weighted by Gasteiger charge is -2.24. The molecule has 1 aromatic heterocycles. The molecule has 0 bridgehead atoms. The van der Waals surface area contributed by atoms with E-state index in [1.807, 2.05) is 33.2 Å². The van der Waals surface area contributed by atoms with Gasteiger partial charge in [0.1, 0.15) is 6.04 Å². The largest absolute Gasteiger partial charge is 0.355 e. The molecule has 0 spiro atoms. The predicted molar refractivity (Wildman–Crippen MR) is 102 cm³/mol. The molecular formula is C17H31N5O2S. The van der Waals surface area contributed by atoms with Crippen LogP contribution in [-0.2, 0) is 16.0 Å². The molecule has 0 saturated carbocycles. The van der Waals surface area contributed by atoms with Gasteiger partial charge in [-0.05, 0) is 26.8 Å². The number of likely N-dealkylation sites (N-methyl/N-ethyl adjacent to an activating group) is 2. The van der Waals surface area contributed by atoms with Crippen molar-refractivity contribution in [2.45, 2.75) is 52.2 Å². The number of nitrogens with one attached hydrogen (secondary N) is 4. The second kappa shape index (κ2) is 11.2. The Balaban J connectivity index is 2.49. The minimum absolute atomic E-state index is 0.0256. The van der Waals surface area contributed by atoms with E-state index in [1.54, 1.807) is 24.5 Å². The van der Waals surface area contributed by atoms with Gasteiger partial charge in [0, 0.05) is 37.1 Å². The Morgan fingerprint density at radius 3 is 2.48 bits per heavy atom. The summed E-state index contributed by atoms with van der Waals surface area (Å²) in [6, 6.07) is -0.722. The topological polar surface area (TPSA) is 95.2 Å². The molecule has 0 fully saturated rings. The molecule has 1 aromatic rings. The summed E-state index contributed by atoms with van der Waals surface area (Å²) in [6.07, 6.45) is 2.60. The minimum Gasteiger partial charge on any atom is -0.355 e. The molecule has 0 aliphatic rings. The second-order valence-electron chi connectivity index (χ2n) is 6.37. The first-order valence-electron chi connectivity index (χ1n) is 8.76. The highest BCUT2D eigenvalue weighted by Gasteiger charge is 2.25. The lowest BCUT2D eigenvalue weighted by molar-refractivity contribution is -0.130. The van der Waals surface area contributed by atoms with Crippen LogP contribution < -0.4 is 21.3 Å². The molecule has 0 radical (unpaired) electrons. The molecule has 8 heteroatoms. The summed E-state index contributed by atoms with van der Waals surface area (Å²) in [5.74, 6) is -0.290. The molecule has 0 aliphatic carbocycles. The van der Waals surface area contributed by atoms with E-state index >= 15 is 0 Å². The minimum atomic E-state index is -0.521. The number of hydrogen-bond acceptors (Lipinski definition) is 6. The van der Waals surface area contributed by atoms with E-state index in [0.29, 0.717) is 13.1 Å². The molecule has 0 unspecified atom stereocenters. The Kier molecular flexibility index (Phi) is 9.62. The summed E-state index contributed by atoms with van der Waals surface area (Å²) in [4.78, 5) is 28.8. The van der Waals surface area contributed by atoms with Crippen LogP contribution in [0.1, 0.15) is 32.7 Å². The van der Waals surface area contributed by atoms with E-state index in [1.165, 1.54) is 0 Å². The maximum atomic E-state index is 12.4. The maximum Gasteiger partial charge on any atom is 0.242 e. The molecule has 2 amide bonds. The lowest BCUT2D eigenvalue weighted by atomic mass is 10.0. The highest BCUT2D eigenvalue weighted by molar-refractivity contribution is 7.09. The van der Waals surface area contributed by atoms with Gasteiger partial charge in [-0.15, -0.1) is 11.3 Å². The summed E-state index contributed by atoms with van der Waals surface area (Å²) in [5, 5.41) is 15.1. The first-order chi connectivity index (χ1) is 11.9. The molecule has 142 valence electrons. The zero-order valence-corrected chi connectivity index (χ0v) is 16.6. The summed E-state index contributed by atoms with van der Waals surface area (Å²) in [5.41, 5.74) is 0. The van der Waals surface area contributed by atoms with Gasteiger partial charge in [-0.25, -0.2) is 4.98 Å². The van der Waals surface area contributed by atoms with Crippen LogP contribution >= 0.6 is 11.3 Å². The molecular weight excluding hydrogens is 338 g/mol. The third-order valence-electron chi connectivity index (χ3n) is 3.97. The fourth-order valence-electron chi connectivity index (χ4n) is 2.35. The first-order valence-corrected chi connectivity index (χ1v) is 9.64. The Hall–Kier alpha value is -1.51. The van der Waals surface area contributed by atoms with Gasteiger partial charge in [0.2, 0.25) is 11.8 Å². The zero-order chi connectivity index (χ0) is 18.8. The third kappa shape index (κ3) is 7.50. The van der Waals surface area contributed by atoms with Gasteiger partial charge in [0.15, 0.2) is 0 Å². The fourth-order valence-corrected chi connectivity index (χ4v) is 3.05. The quantitative estimate of drug-likeness (QED) is 0.456. The number of amides is 2. The van der Waals surface area contributed by atoms with Crippen LogP contribution in [0.2, 0.25) is 0 Å². The number of hydrogen-bond donors (Lipinski definition) is 4. The summed E-state index contributed by atoms with van der Waals surface area (Å²) in [6.45, 7) is 8.69. The standard InChI is InChI=1S/C17H31N5O2S/c1-6-19-17(24)15(11(2)3)22-16(23)12(4)21-10-13(18-5)9-14-20-7-8-25-14/h7-8,11-13,15,18,21H,6,9-10H2,1-5H3,(H,19,24)(H,22,23)/t12-,13-,15-/m0/s1. The maximum absolute atomic E-state index is 12.4. The van der Waals surface area contributed by atoms with Crippen LogP contribution in [0.5, 0.6) is 0 Å². The van der Waals surface area contributed by atoms with E-state index in [9.17, 15) is 9.59 Å². The normalized spacial score (nSPS) is 14.8. The highest BCUT2D eigenvalue weighted by atomic mass is 32.1. The summed E-state index contributed by atoms with van der Waals surface area (Å²) < 4.78 is 0. The fraction of sp³-hybridized carbons (Fsp3) is 0.706.